The zero-order valence-electron chi connectivity index (χ0n) is 13.1. The summed E-state index contributed by atoms with van der Waals surface area (Å²) in [6.07, 6.45) is 2.37. The maximum absolute atomic E-state index is 5.84. The van der Waals surface area contributed by atoms with Gasteiger partial charge >= 0.3 is 0 Å². The Bertz CT molecular complexity index is 395. The fourth-order valence-electron chi connectivity index (χ4n) is 2.76. The van der Waals surface area contributed by atoms with Crippen LogP contribution < -0.4 is 10.1 Å². The van der Waals surface area contributed by atoms with Gasteiger partial charge in [-0.05, 0) is 45.4 Å². The highest BCUT2D eigenvalue weighted by molar-refractivity contribution is 5.20. The molecule has 3 nitrogen and oxygen atoms in total. The Labute approximate surface area is 123 Å². The molecule has 0 spiro atoms. The smallest absolute Gasteiger partial charge is 0.119 e. The van der Waals surface area contributed by atoms with Gasteiger partial charge in [-0.2, -0.15) is 0 Å². The first kappa shape index (κ1) is 15.3. The number of hydrogen-bond acceptors (Lipinski definition) is 3. The molecule has 0 amide bonds. The lowest BCUT2D eigenvalue weighted by Crippen LogP contribution is -2.50. The van der Waals surface area contributed by atoms with E-state index < -0.39 is 0 Å². The molecule has 3 heteroatoms. The van der Waals surface area contributed by atoms with E-state index in [1.54, 1.807) is 0 Å². The van der Waals surface area contributed by atoms with Crippen LogP contribution in [0.1, 0.15) is 33.6 Å². The summed E-state index contributed by atoms with van der Waals surface area (Å²) in [4.78, 5) is 2.56. The Hall–Kier alpha value is -1.06. The van der Waals surface area contributed by atoms with Gasteiger partial charge in [-0.3, -0.25) is 4.90 Å². The molecule has 20 heavy (non-hydrogen) atoms. The largest absolute Gasteiger partial charge is 0.492 e. The van der Waals surface area contributed by atoms with Crippen molar-refractivity contribution >= 4 is 0 Å². The van der Waals surface area contributed by atoms with Gasteiger partial charge in [0.1, 0.15) is 12.4 Å². The minimum Gasteiger partial charge on any atom is -0.492 e. The van der Waals surface area contributed by atoms with Crippen molar-refractivity contribution in [2.45, 2.75) is 45.2 Å². The van der Waals surface area contributed by atoms with Crippen LogP contribution in [0.2, 0.25) is 0 Å². The Morgan fingerprint density at radius 2 is 2.10 bits per heavy atom. The fraction of sp³-hybridized carbons (Fsp3) is 0.647. The van der Waals surface area contributed by atoms with E-state index in [1.165, 1.54) is 6.42 Å². The van der Waals surface area contributed by atoms with Gasteiger partial charge in [0.15, 0.2) is 0 Å². The van der Waals surface area contributed by atoms with Crippen molar-refractivity contribution in [3.8, 4) is 5.75 Å². The standard InChI is InChI=1S/C17H28N2O/c1-4-17(3)14-19(15(2)10-11-18-17)12-13-20-16-8-6-5-7-9-16/h5-9,15,18H,4,10-14H2,1-3H3. The fourth-order valence-corrected chi connectivity index (χ4v) is 2.76. The second-order valence-corrected chi connectivity index (χ2v) is 6.11. The van der Waals surface area contributed by atoms with Crippen LogP contribution in [0.5, 0.6) is 5.75 Å². The number of nitrogens with zero attached hydrogens (tertiary/aromatic N) is 1. The average molecular weight is 276 g/mol. The van der Waals surface area contributed by atoms with Crippen LogP contribution in [0.15, 0.2) is 30.3 Å². The van der Waals surface area contributed by atoms with Crippen molar-refractivity contribution in [1.82, 2.24) is 10.2 Å². The van der Waals surface area contributed by atoms with E-state index in [1.807, 2.05) is 30.3 Å². The van der Waals surface area contributed by atoms with Gasteiger partial charge in [0, 0.05) is 24.7 Å². The number of hydrogen-bond donors (Lipinski definition) is 1. The molecule has 2 rings (SSSR count). The highest BCUT2D eigenvalue weighted by Gasteiger charge is 2.29. The van der Waals surface area contributed by atoms with Crippen molar-refractivity contribution in [1.29, 1.82) is 0 Å². The van der Waals surface area contributed by atoms with Gasteiger partial charge in [-0.25, -0.2) is 0 Å². The van der Waals surface area contributed by atoms with E-state index in [-0.39, 0.29) is 5.54 Å². The summed E-state index contributed by atoms with van der Waals surface area (Å²) in [6, 6.07) is 10.7. The molecule has 1 aliphatic rings. The highest BCUT2D eigenvalue weighted by atomic mass is 16.5. The molecule has 112 valence electrons. The SMILES string of the molecule is CCC1(C)CN(CCOc2ccccc2)C(C)CCN1. The molecule has 2 unspecified atom stereocenters. The summed E-state index contributed by atoms with van der Waals surface area (Å²) in [6.45, 7) is 10.9. The van der Waals surface area contributed by atoms with Crippen LogP contribution in [0.3, 0.4) is 0 Å². The number of rotatable bonds is 5. The minimum atomic E-state index is 0.234. The predicted molar refractivity (Wildman–Crippen MR) is 84.3 cm³/mol. The lowest BCUT2D eigenvalue weighted by atomic mass is 9.98. The molecule has 0 radical (unpaired) electrons. The first-order valence-electron chi connectivity index (χ1n) is 7.80. The van der Waals surface area contributed by atoms with Gasteiger partial charge in [-0.15, -0.1) is 0 Å². The van der Waals surface area contributed by atoms with E-state index in [0.29, 0.717) is 6.04 Å². The van der Waals surface area contributed by atoms with Crippen LogP contribution in [0.4, 0.5) is 0 Å². The number of benzene rings is 1. The third kappa shape index (κ3) is 4.22. The zero-order chi connectivity index (χ0) is 14.4. The molecular weight excluding hydrogens is 248 g/mol. The molecule has 1 N–H and O–H groups in total. The molecule has 1 aliphatic heterocycles. The number of nitrogens with one attached hydrogen (secondary N) is 1. The molecule has 1 saturated heterocycles. The molecular formula is C17H28N2O. The normalized spacial score (nSPS) is 28.1. The molecule has 0 bridgehead atoms. The Kier molecular flexibility index (Phi) is 5.44. The zero-order valence-corrected chi connectivity index (χ0v) is 13.1. The van der Waals surface area contributed by atoms with E-state index in [4.69, 9.17) is 4.74 Å². The van der Waals surface area contributed by atoms with Gasteiger partial charge in [0.2, 0.25) is 0 Å². The van der Waals surface area contributed by atoms with E-state index >= 15 is 0 Å². The minimum absolute atomic E-state index is 0.234. The lowest BCUT2D eigenvalue weighted by Gasteiger charge is -2.34. The predicted octanol–water partition coefficient (Wildman–Crippen LogP) is 2.92. The van der Waals surface area contributed by atoms with Gasteiger partial charge in [-0.1, -0.05) is 25.1 Å². The lowest BCUT2D eigenvalue weighted by molar-refractivity contribution is 0.142. The van der Waals surface area contributed by atoms with Gasteiger partial charge < -0.3 is 10.1 Å². The molecule has 0 aliphatic carbocycles. The molecule has 1 aromatic rings. The van der Waals surface area contributed by atoms with Crippen molar-refractivity contribution in [3.63, 3.8) is 0 Å². The summed E-state index contributed by atoms with van der Waals surface area (Å²) in [5.74, 6) is 0.964. The van der Waals surface area contributed by atoms with Crippen molar-refractivity contribution in [3.05, 3.63) is 30.3 Å². The van der Waals surface area contributed by atoms with Crippen LogP contribution in [-0.4, -0.2) is 42.7 Å². The monoisotopic (exact) mass is 276 g/mol. The quantitative estimate of drug-likeness (QED) is 0.895. The second kappa shape index (κ2) is 7.09. The van der Waals surface area contributed by atoms with Gasteiger partial charge in [0.25, 0.3) is 0 Å². The molecule has 1 fully saturated rings. The van der Waals surface area contributed by atoms with Crippen LogP contribution in [0, 0.1) is 0 Å². The summed E-state index contributed by atoms with van der Waals surface area (Å²) in [7, 11) is 0. The second-order valence-electron chi connectivity index (χ2n) is 6.11. The molecule has 1 heterocycles. The average Bonchev–Trinajstić information content (AvgIpc) is 2.60. The van der Waals surface area contributed by atoms with E-state index in [0.717, 1.165) is 38.4 Å². The van der Waals surface area contributed by atoms with E-state index in [2.05, 4.69) is 31.0 Å². The van der Waals surface area contributed by atoms with Gasteiger partial charge in [0.05, 0.1) is 0 Å². The maximum atomic E-state index is 5.84. The third-order valence-electron chi connectivity index (χ3n) is 4.46. The molecule has 2 atom stereocenters. The van der Waals surface area contributed by atoms with Crippen LogP contribution in [-0.2, 0) is 0 Å². The topological polar surface area (TPSA) is 24.5 Å². The summed E-state index contributed by atoms with van der Waals surface area (Å²) in [5.41, 5.74) is 0.234. The first-order valence-corrected chi connectivity index (χ1v) is 7.80. The summed E-state index contributed by atoms with van der Waals surface area (Å²) >= 11 is 0. The molecule has 1 aromatic carbocycles. The van der Waals surface area contributed by atoms with Crippen molar-refractivity contribution < 1.29 is 4.74 Å². The summed E-state index contributed by atoms with van der Waals surface area (Å²) < 4.78 is 5.84. The van der Waals surface area contributed by atoms with Crippen molar-refractivity contribution in [2.24, 2.45) is 0 Å². The van der Waals surface area contributed by atoms with Crippen LogP contribution >= 0.6 is 0 Å². The summed E-state index contributed by atoms with van der Waals surface area (Å²) in [5, 5.41) is 3.69. The third-order valence-corrected chi connectivity index (χ3v) is 4.46. The number of ether oxygens (including phenoxy) is 1. The first-order chi connectivity index (χ1) is 9.63. The van der Waals surface area contributed by atoms with Crippen molar-refractivity contribution in [2.75, 3.05) is 26.2 Å². The number of para-hydroxylation sites is 1. The Balaban J connectivity index is 1.86. The maximum Gasteiger partial charge on any atom is 0.119 e. The van der Waals surface area contributed by atoms with E-state index in [9.17, 15) is 0 Å². The van der Waals surface area contributed by atoms with Crippen LogP contribution in [0.25, 0.3) is 0 Å². The molecule has 0 saturated carbocycles. The highest BCUT2D eigenvalue weighted by Crippen LogP contribution is 2.18. The molecule has 0 aromatic heterocycles. The Morgan fingerprint density at radius 3 is 2.80 bits per heavy atom. The Morgan fingerprint density at radius 1 is 1.35 bits per heavy atom.